The highest BCUT2D eigenvalue weighted by atomic mass is 16.5. The summed E-state index contributed by atoms with van der Waals surface area (Å²) in [5, 5.41) is 3.34. The first-order valence-electron chi connectivity index (χ1n) is 4.81. The molecule has 0 aromatic carbocycles. The predicted octanol–water partition coefficient (Wildman–Crippen LogP) is -0.944. The SMILES string of the molecule is NC(=O)N/N=C/C(=O)/C=C/N1CCOCC1. The maximum Gasteiger partial charge on any atom is 0.332 e. The number of urea groups is 1. The standard InChI is InChI=1S/C9H14N4O3/c10-9(15)12-11-7-8(14)1-2-13-3-5-16-6-4-13/h1-2,7H,3-6H2,(H3,10,12,15)/b2-1+,11-7+. The number of hydrogen-bond acceptors (Lipinski definition) is 5. The summed E-state index contributed by atoms with van der Waals surface area (Å²) in [5.74, 6) is -0.319. The van der Waals surface area contributed by atoms with E-state index >= 15 is 0 Å². The summed E-state index contributed by atoms with van der Waals surface area (Å²) in [6, 6.07) is -0.804. The van der Waals surface area contributed by atoms with Crippen LogP contribution in [-0.2, 0) is 9.53 Å². The number of nitrogens with zero attached hydrogens (tertiary/aromatic N) is 2. The van der Waals surface area contributed by atoms with Gasteiger partial charge in [0.2, 0.25) is 0 Å². The van der Waals surface area contributed by atoms with Crippen LogP contribution < -0.4 is 11.2 Å². The van der Waals surface area contributed by atoms with Gasteiger partial charge in [-0.2, -0.15) is 5.10 Å². The number of nitrogens with two attached hydrogens (primary N) is 1. The summed E-state index contributed by atoms with van der Waals surface area (Å²) < 4.78 is 5.15. The van der Waals surface area contributed by atoms with Crippen LogP contribution in [0.5, 0.6) is 0 Å². The summed E-state index contributed by atoms with van der Waals surface area (Å²) in [6.07, 6.45) is 4.04. The molecule has 3 N–H and O–H groups in total. The van der Waals surface area contributed by atoms with E-state index in [1.54, 1.807) is 6.20 Å². The minimum Gasteiger partial charge on any atom is -0.378 e. The first-order chi connectivity index (χ1) is 7.68. The predicted molar refractivity (Wildman–Crippen MR) is 57.8 cm³/mol. The van der Waals surface area contributed by atoms with E-state index in [1.807, 2.05) is 10.3 Å². The van der Waals surface area contributed by atoms with E-state index < -0.39 is 6.03 Å². The van der Waals surface area contributed by atoms with E-state index in [2.05, 4.69) is 5.10 Å². The molecule has 88 valence electrons. The van der Waals surface area contributed by atoms with Gasteiger partial charge in [-0.25, -0.2) is 10.2 Å². The molecular weight excluding hydrogens is 212 g/mol. The molecule has 0 bridgehead atoms. The Morgan fingerprint density at radius 3 is 2.69 bits per heavy atom. The molecule has 0 aliphatic carbocycles. The molecule has 1 fully saturated rings. The van der Waals surface area contributed by atoms with Crippen LogP contribution in [0.1, 0.15) is 0 Å². The number of hydrogen-bond donors (Lipinski definition) is 2. The van der Waals surface area contributed by atoms with Gasteiger partial charge in [0.05, 0.1) is 19.4 Å². The molecule has 16 heavy (non-hydrogen) atoms. The molecule has 0 unspecified atom stereocenters. The van der Waals surface area contributed by atoms with Gasteiger partial charge in [-0.3, -0.25) is 4.79 Å². The number of morpholine rings is 1. The van der Waals surface area contributed by atoms with Gasteiger partial charge in [0.1, 0.15) is 0 Å². The zero-order chi connectivity index (χ0) is 11.8. The Bertz CT molecular complexity index is 308. The van der Waals surface area contributed by atoms with E-state index in [9.17, 15) is 9.59 Å². The van der Waals surface area contributed by atoms with Crippen molar-refractivity contribution in [3.8, 4) is 0 Å². The van der Waals surface area contributed by atoms with Gasteiger partial charge in [0.25, 0.3) is 0 Å². The average Bonchev–Trinajstić information content (AvgIpc) is 2.27. The highest BCUT2D eigenvalue weighted by molar-refractivity contribution is 6.32. The lowest BCUT2D eigenvalue weighted by atomic mass is 10.4. The summed E-state index contributed by atoms with van der Waals surface area (Å²) in [5.41, 5.74) is 6.69. The smallest absolute Gasteiger partial charge is 0.332 e. The summed E-state index contributed by atoms with van der Waals surface area (Å²) in [4.78, 5) is 23.4. The number of nitrogens with one attached hydrogen (secondary N) is 1. The Balaban J connectivity index is 2.29. The third-order valence-electron chi connectivity index (χ3n) is 1.86. The molecule has 0 atom stereocenters. The fourth-order valence-corrected chi connectivity index (χ4v) is 1.11. The molecule has 0 saturated carbocycles. The summed E-state index contributed by atoms with van der Waals surface area (Å²) >= 11 is 0. The summed E-state index contributed by atoms with van der Waals surface area (Å²) in [7, 11) is 0. The maximum atomic E-state index is 11.2. The Hall–Kier alpha value is -1.89. The molecule has 0 aromatic rings. The van der Waals surface area contributed by atoms with Crippen molar-refractivity contribution in [2.75, 3.05) is 26.3 Å². The van der Waals surface area contributed by atoms with Crippen LogP contribution >= 0.6 is 0 Å². The van der Waals surface area contributed by atoms with Gasteiger partial charge in [-0.1, -0.05) is 0 Å². The van der Waals surface area contributed by atoms with E-state index in [4.69, 9.17) is 10.5 Å². The number of carbonyl (C=O) groups excluding carboxylic acids is 2. The largest absolute Gasteiger partial charge is 0.378 e. The lowest BCUT2D eigenvalue weighted by Gasteiger charge is -2.24. The van der Waals surface area contributed by atoms with Crippen LogP contribution in [0, 0.1) is 0 Å². The van der Waals surface area contributed by atoms with Gasteiger partial charge in [-0.15, -0.1) is 0 Å². The van der Waals surface area contributed by atoms with Gasteiger partial charge < -0.3 is 15.4 Å². The minimum atomic E-state index is -0.804. The zero-order valence-electron chi connectivity index (χ0n) is 8.76. The topological polar surface area (TPSA) is 97.0 Å². The second kappa shape index (κ2) is 6.57. The molecule has 1 heterocycles. The van der Waals surface area contributed by atoms with Crippen molar-refractivity contribution in [1.82, 2.24) is 10.3 Å². The van der Waals surface area contributed by atoms with Crippen molar-refractivity contribution in [3.05, 3.63) is 12.3 Å². The van der Waals surface area contributed by atoms with Crippen LogP contribution in [0.2, 0.25) is 0 Å². The molecule has 1 rings (SSSR count). The lowest BCUT2D eigenvalue weighted by Crippen LogP contribution is -2.32. The third-order valence-corrected chi connectivity index (χ3v) is 1.86. The highest BCUT2D eigenvalue weighted by Crippen LogP contribution is 1.96. The molecule has 7 nitrogen and oxygen atoms in total. The average molecular weight is 226 g/mol. The fraction of sp³-hybridized carbons (Fsp3) is 0.444. The Morgan fingerprint density at radius 2 is 2.06 bits per heavy atom. The molecule has 1 saturated heterocycles. The number of primary amides is 1. The molecule has 1 aliphatic rings. The van der Waals surface area contributed by atoms with Crippen LogP contribution in [0.3, 0.4) is 0 Å². The van der Waals surface area contributed by atoms with Crippen LogP contribution in [-0.4, -0.2) is 49.2 Å². The molecular formula is C9H14N4O3. The first-order valence-corrected chi connectivity index (χ1v) is 4.81. The van der Waals surface area contributed by atoms with Crippen molar-refractivity contribution in [3.63, 3.8) is 0 Å². The Kier molecular flexibility index (Phi) is 5.00. The molecule has 2 amide bonds. The van der Waals surface area contributed by atoms with Gasteiger partial charge in [0.15, 0.2) is 5.78 Å². The summed E-state index contributed by atoms with van der Waals surface area (Å²) in [6.45, 7) is 2.85. The number of amides is 2. The van der Waals surface area contributed by atoms with Gasteiger partial charge in [0, 0.05) is 25.4 Å². The normalized spacial score (nSPS) is 16.9. The van der Waals surface area contributed by atoms with Crippen LogP contribution in [0.15, 0.2) is 17.4 Å². The number of rotatable bonds is 4. The number of ether oxygens (including phenoxy) is 1. The van der Waals surface area contributed by atoms with Gasteiger partial charge in [-0.05, 0) is 0 Å². The quantitative estimate of drug-likeness (QED) is 0.367. The number of allylic oxidation sites excluding steroid dienone is 1. The molecule has 0 spiro atoms. The molecule has 0 aromatic heterocycles. The van der Waals surface area contributed by atoms with Crippen LogP contribution in [0.4, 0.5) is 4.79 Å². The van der Waals surface area contributed by atoms with Gasteiger partial charge >= 0.3 is 6.03 Å². The molecule has 1 aliphatic heterocycles. The number of ketones is 1. The van der Waals surface area contributed by atoms with E-state index in [1.165, 1.54) is 6.08 Å². The second-order valence-electron chi connectivity index (χ2n) is 3.10. The number of hydrazone groups is 1. The van der Waals surface area contributed by atoms with Crippen molar-refractivity contribution < 1.29 is 14.3 Å². The van der Waals surface area contributed by atoms with E-state index in [0.717, 1.165) is 19.3 Å². The second-order valence-corrected chi connectivity index (χ2v) is 3.10. The Labute approximate surface area is 92.9 Å². The van der Waals surface area contributed by atoms with E-state index in [0.29, 0.717) is 13.2 Å². The zero-order valence-corrected chi connectivity index (χ0v) is 8.76. The molecule has 7 heteroatoms. The van der Waals surface area contributed by atoms with Crippen LogP contribution in [0.25, 0.3) is 0 Å². The van der Waals surface area contributed by atoms with Crippen molar-refractivity contribution in [2.24, 2.45) is 10.8 Å². The first kappa shape index (κ1) is 12.2. The van der Waals surface area contributed by atoms with Crippen molar-refractivity contribution in [2.45, 2.75) is 0 Å². The van der Waals surface area contributed by atoms with Crippen molar-refractivity contribution >= 4 is 18.0 Å². The molecule has 0 radical (unpaired) electrons. The lowest BCUT2D eigenvalue weighted by molar-refractivity contribution is -0.108. The monoisotopic (exact) mass is 226 g/mol. The third kappa shape index (κ3) is 5.11. The minimum absolute atomic E-state index is 0.319. The number of carbonyl (C=O) groups is 2. The maximum absolute atomic E-state index is 11.2. The highest BCUT2D eigenvalue weighted by Gasteiger charge is 2.05. The Morgan fingerprint density at radius 1 is 1.38 bits per heavy atom. The van der Waals surface area contributed by atoms with Crippen molar-refractivity contribution in [1.29, 1.82) is 0 Å². The fourth-order valence-electron chi connectivity index (χ4n) is 1.11. The van der Waals surface area contributed by atoms with E-state index in [-0.39, 0.29) is 5.78 Å².